The predicted molar refractivity (Wildman–Crippen MR) is 48.7 cm³/mol. The Morgan fingerprint density at radius 1 is 1.69 bits per heavy atom. The average Bonchev–Trinajstić information content (AvgIpc) is 2.67. The predicted octanol–water partition coefficient (Wildman–Crippen LogP) is 1.37. The Bertz CT molecular complexity index is 270. The molecule has 0 bridgehead atoms. The Hall–Kier alpha value is -0.610. The van der Waals surface area contributed by atoms with E-state index in [1.165, 1.54) is 0 Å². The van der Waals surface area contributed by atoms with Gasteiger partial charge in [0.05, 0.1) is 30.4 Å². The van der Waals surface area contributed by atoms with E-state index in [0.29, 0.717) is 11.9 Å². The second-order valence-corrected chi connectivity index (χ2v) is 3.46. The molecular formula is C8H12ClN3O. The molecule has 0 spiro atoms. The third-order valence-electron chi connectivity index (χ3n) is 2.21. The summed E-state index contributed by atoms with van der Waals surface area (Å²) in [6.45, 7) is 1.61. The molecule has 72 valence electrons. The highest BCUT2D eigenvalue weighted by Crippen LogP contribution is 2.18. The quantitative estimate of drug-likeness (QED) is 0.679. The van der Waals surface area contributed by atoms with Crippen LogP contribution in [0, 0.1) is 0 Å². The summed E-state index contributed by atoms with van der Waals surface area (Å²) in [4.78, 5) is 0. The highest BCUT2D eigenvalue weighted by atomic mass is 35.5. The first kappa shape index (κ1) is 8.97. The zero-order valence-corrected chi connectivity index (χ0v) is 8.07. The van der Waals surface area contributed by atoms with Crippen molar-refractivity contribution in [2.75, 3.05) is 13.2 Å². The Kier molecular flexibility index (Phi) is 2.80. The van der Waals surface area contributed by atoms with Crippen molar-refractivity contribution < 1.29 is 4.74 Å². The molecule has 1 saturated heterocycles. The van der Waals surface area contributed by atoms with Crippen molar-refractivity contribution in [1.29, 1.82) is 0 Å². The molecule has 0 N–H and O–H groups in total. The van der Waals surface area contributed by atoms with Gasteiger partial charge in [-0.3, -0.25) is 0 Å². The van der Waals surface area contributed by atoms with Gasteiger partial charge < -0.3 is 4.74 Å². The lowest BCUT2D eigenvalue weighted by Gasteiger charge is -2.21. The number of hydrogen-bond acceptors (Lipinski definition) is 3. The summed E-state index contributed by atoms with van der Waals surface area (Å²) in [7, 11) is 0. The van der Waals surface area contributed by atoms with E-state index in [2.05, 4.69) is 10.3 Å². The van der Waals surface area contributed by atoms with Crippen molar-refractivity contribution >= 4 is 11.6 Å². The minimum absolute atomic E-state index is 0.346. The summed E-state index contributed by atoms with van der Waals surface area (Å²) >= 11 is 5.63. The van der Waals surface area contributed by atoms with Crippen molar-refractivity contribution in [2.24, 2.45) is 0 Å². The maximum atomic E-state index is 5.63. The van der Waals surface area contributed by atoms with E-state index in [0.717, 1.165) is 31.7 Å². The zero-order chi connectivity index (χ0) is 9.10. The van der Waals surface area contributed by atoms with Gasteiger partial charge in [0.25, 0.3) is 0 Å². The van der Waals surface area contributed by atoms with Crippen LogP contribution in [0.15, 0.2) is 6.20 Å². The van der Waals surface area contributed by atoms with Crippen LogP contribution in [-0.2, 0) is 10.6 Å². The molecule has 0 radical (unpaired) electrons. The van der Waals surface area contributed by atoms with E-state index in [1.54, 1.807) is 0 Å². The first-order valence-corrected chi connectivity index (χ1v) is 4.98. The number of aromatic nitrogens is 3. The van der Waals surface area contributed by atoms with E-state index in [1.807, 2.05) is 10.9 Å². The highest BCUT2D eigenvalue weighted by Gasteiger charge is 2.16. The largest absolute Gasteiger partial charge is 0.379 e. The number of rotatable bonds is 2. The van der Waals surface area contributed by atoms with Crippen LogP contribution in [0.25, 0.3) is 0 Å². The van der Waals surface area contributed by atoms with Gasteiger partial charge in [-0.15, -0.1) is 16.7 Å². The van der Waals surface area contributed by atoms with Crippen LogP contribution in [0.5, 0.6) is 0 Å². The van der Waals surface area contributed by atoms with E-state index in [9.17, 15) is 0 Å². The fraction of sp³-hybridized carbons (Fsp3) is 0.750. The third kappa shape index (κ3) is 2.00. The smallest absolute Gasteiger partial charge is 0.0974 e. The minimum Gasteiger partial charge on any atom is -0.379 e. The molecule has 13 heavy (non-hydrogen) atoms. The van der Waals surface area contributed by atoms with E-state index >= 15 is 0 Å². The second-order valence-electron chi connectivity index (χ2n) is 3.19. The molecule has 1 aromatic rings. The van der Waals surface area contributed by atoms with Crippen molar-refractivity contribution in [1.82, 2.24) is 15.0 Å². The lowest BCUT2D eigenvalue weighted by molar-refractivity contribution is 0.0543. The van der Waals surface area contributed by atoms with Gasteiger partial charge in [0.1, 0.15) is 0 Å². The summed E-state index contributed by atoms with van der Waals surface area (Å²) in [6.07, 6.45) is 4.11. The van der Waals surface area contributed by atoms with E-state index in [4.69, 9.17) is 16.3 Å². The molecule has 1 unspecified atom stereocenters. The van der Waals surface area contributed by atoms with Crippen molar-refractivity contribution in [3.63, 3.8) is 0 Å². The van der Waals surface area contributed by atoms with Gasteiger partial charge in [-0.2, -0.15) is 0 Å². The first-order valence-electron chi connectivity index (χ1n) is 4.44. The van der Waals surface area contributed by atoms with Crippen molar-refractivity contribution in [2.45, 2.75) is 24.8 Å². The molecule has 1 fully saturated rings. The molecule has 2 rings (SSSR count). The Morgan fingerprint density at radius 2 is 2.62 bits per heavy atom. The van der Waals surface area contributed by atoms with Crippen LogP contribution in [0.3, 0.4) is 0 Å². The van der Waals surface area contributed by atoms with Gasteiger partial charge in [0, 0.05) is 6.61 Å². The topological polar surface area (TPSA) is 39.9 Å². The maximum absolute atomic E-state index is 5.63. The molecule has 0 amide bonds. The second kappa shape index (κ2) is 4.07. The molecule has 5 heteroatoms. The number of alkyl halides is 1. The lowest BCUT2D eigenvalue weighted by atomic mass is 10.1. The molecule has 0 saturated carbocycles. The van der Waals surface area contributed by atoms with Gasteiger partial charge in [0.15, 0.2) is 0 Å². The molecule has 1 aliphatic rings. The summed E-state index contributed by atoms with van der Waals surface area (Å²) in [5, 5.41) is 7.95. The fourth-order valence-electron chi connectivity index (χ4n) is 1.49. The summed E-state index contributed by atoms with van der Waals surface area (Å²) in [5.74, 6) is 0.424. The SMILES string of the molecule is ClCc1cn(C2CCCOC2)nn1. The molecule has 0 aliphatic carbocycles. The van der Waals surface area contributed by atoms with Crippen LogP contribution in [-0.4, -0.2) is 28.2 Å². The molecule has 4 nitrogen and oxygen atoms in total. The van der Waals surface area contributed by atoms with Crippen molar-refractivity contribution in [3.8, 4) is 0 Å². The molecular weight excluding hydrogens is 190 g/mol. The Morgan fingerprint density at radius 3 is 3.23 bits per heavy atom. The molecule has 1 aliphatic heterocycles. The van der Waals surface area contributed by atoms with Gasteiger partial charge in [0.2, 0.25) is 0 Å². The molecule has 0 aromatic carbocycles. The summed E-state index contributed by atoms with van der Waals surface area (Å²) < 4.78 is 7.22. The normalized spacial score (nSPS) is 23.3. The van der Waals surface area contributed by atoms with Gasteiger partial charge in [-0.05, 0) is 12.8 Å². The molecule has 1 atom stereocenters. The molecule has 1 aromatic heterocycles. The van der Waals surface area contributed by atoms with Gasteiger partial charge in [-0.25, -0.2) is 4.68 Å². The van der Waals surface area contributed by atoms with Crippen LogP contribution >= 0.6 is 11.6 Å². The number of hydrogen-bond donors (Lipinski definition) is 0. The van der Waals surface area contributed by atoms with Crippen LogP contribution in [0.4, 0.5) is 0 Å². The standard InChI is InChI=1S/C8H12ClN3O/c9-4-7-5-12(11-10-7)8-2-1-3-13-6-8/h5,8H,1-4,6H2. The lowest BCUT2D eigenvalue weighted by Crippen LogP contribution is -2.21. The first-order chi connectivity index (χ1) is 6.40. The highest BCUT2D eigenvalue weighted by molar-refractivity contribution is 6.16. The number of halogens is 1. The minimum atomic E-state index is 0.346. The average molecular weight is 202 g/mol. The Labute approximate surface area is 81.8 Å². The molecule has 2 heterocycles. The zero-order valence-electron chi connectivity index (χ0n) is 7.32. The van der Waals surface area contributed by atoms with Crippen LogP contribution in [0.1, 0.15) is 24.6 Å². The monoisotopic (exact) mass is 201 g/mol. The number of nitrogens with zero attached hydrogens (tertiary/aromatic N) is 3. The van der Waals surface area contributed by atoms with Crippen LogP contribution in [0.2, 0.25) is 0 Å². The van der Waals surface area contributed by atoms with Crippen molar-refractivity contribution in [3.05, 3.63) is 11.9 Å². The van der Waals surface area contributed by atoms with Crippen LogP contribution < -0.4 is 0 Å². The third-order valence-corrected chi connectivity index (χ3v) is 2.48. The van der Waals surface area contributed by atoms with E-state index in [-0.39, 0.29) is 0 Å². The fourth-order valence-corrected chi connectivity index (χ4v) is 1.61. The Balaban J connectivity index is 2.05. The van der Waals surface area contributed by atoms with Gasteiger partial charge >= 0.3 is 0 Å². The van der Waals surface area contributed by atoms with Gasteiger partial charge in [-0.1, -0.05) is 5.21 Å². The number of ether oxygens (including phenoxy) is 1. The maximum Gasteiger partial charge on any atom is 0.0974 e. The van der Waals surface area contributed by atoms with E-state index < -0.39 is 0 Å². The summed E-state index contributed by atoms with van der Waals surface area (Å²) in [6, 6.07) is 0.346. The summed E-state index contributed by atoms with van der Waals surface area (Å²) in [5.41, 5.74) is 0.826.